The van der Waals surface area contributed by atoms with Gasteiger partial charge in [0, 0.05) is 50.1 Å². The summed E-state index contributed by atoms with van der Waals surface area (Å²) in [7, 11) is 3.54. The minimum absolute atomic E-state index is 0.143. The summed E-state index contributed by atoms with van der Waals surface area (Å²) < 4.78 is 1.85. The monoisotopic (exact) mass is 272 g/mol. The molecular weight excluding hydrogens is 252 g/mol. The first-order chi connectivity index (χ1) is 9.58. The van der Waals surface area contributed by atoms with Crippen molar-refractivity contribution in [3.8, 4) is 11.1 Å². The lowest BCUT2D eigenvalue weighted by atomic mass is 10.1. The molecule has 2 rings (SSSR count). The van der Waals surface area contributed by atoms with Gasteiger partial charge in [-0.15, -0.1) is 0 Å². The summed E-state index contributed by atoms with van der Waals surface area (Å²) in [5.74, 6) is 0.143. The number of carbonyl (C=O) groups is 1. The van der Waals surface area contributed by atoms with Gasteiger partial charge in [-0.25, -0.2) is 0 Å². The molecule has 0 aliphatic carbocycles. The molecule has 0 saturated carbocycles. The van der Waals surface area contributed by atoms with Gasteiger partial charge in [0.1, 0.15) is 0 Å². The van der Waals surface area contributed by atoms with E-state index in [0.717, 1.165) is 29.8 Å². The van der Waals surface area contributed by atoms with Crippen LogP contribution < -0.4 is 5.73 Å². The molecule has 0 unspecified atom stereocenters. The van der Waals surface area contributed by atoms with Gasteiger partial charge in [-0.1, -0.05) is 18.2 Å². The van der Waals surface area contributed by atoms with Crippen molar-refractivity contribution in [2.45, 2.75) is 19.4 Å². The van der Waals surface area contributed by atoms with E-state index in [1.807, 2.05) is 35.1 Å². The molecule has 0 fully saturated rings. The number of benzene rings is 1. The van der Waals surface area contributed by atoms with Crippen molar-refractivity contribution in [1.29, 1.82) is 0 Å². The maximum Gasteiger partial charge on any atom is 0.222 e. The van der Waals surface area contributed by atoms with E-state index in [9.17, 15) is 4.79 Å². The Labute approximate surface area is 119 Å². The highest BCUT2D eigenvalue weighted by Gasteiger charge is 2.06. The smallest absolute Gasteiger partial charge is 0.222 e. The van der Waals surface area contributed by atoms with Crippen LogP contribution in [0.2, 0.25) is 0 Å². The van der Waals surface area contributed by atoms with Crippen LogP contribution in [0.4, 0.5) is 5.69 Å². The summed E-state index contributed by atoms with van der Waals surface area (Å²) in [6.45, 7) is 0.728. The van der Waals surface area contributed by atoms with Crippen molar-refractivity contribution in [3.63, 3.8) is 0 Å². The molecular formula is C15H20N4O. The Morgan fingerprint density at radius 1 is 1.35 bits per heavy atom. The number of nitrogens with zero attached hydrogens (tertiary/aromatic N) is 3. The van der Waals surface area contributed by atoms with Crippen LogP contribution in [0.1, 0.15) is 12.8 Å². The van der Waals surface area contributed by atoms with Crippen LogP contribution in [0.5, 0.6) is 0 Å². The van der Waals surface area contributed by atoms with E-state index < -0.39 is 0 Å². The van der Waals surface area contributed by atoms with Crippen LogP contribution in [-0.4, -0.2) is 34.7 Å². The first kappa shape index (κ1) is 14.1. The van der Waals surface area contributed by atoms with Crippen molar-refractivity contribution >= 4 is 11.6 Å². The highest BCUT2D eigenvalue weighted by molar-refractivity contribution is 5.75. The molecule has 106 valence electrons. The molecule has 1 aromatic heterocycles. The van der Waals surface area contributed by atoms with E-state index >= 15 is 0 Å². The Morgan fingerprint density at radius 3 is 2.80 bits per heavy atom. The van der Waals surface area contributed by atoms with E-state index in [0.29, 0.717) is 6.42 Å². The molecule has 0 saturated heterocycles. The number of carbonyl (C=O) groups excluding carboxylic acids is 1. The van der Waals surface area contributed by atoms with Gasteiger partial charge in [0.05, 0.1) is 6.20 Å². The lowest BCUT2D eigenvalue weighted by molar-refractivity contribution is -0.128. The number of hydrogen-bond donors (Lipinski definition) is 1. The minimum Gasteiger partial charge on any atom is -0.398 e. The Kier molecular flexibility index (Phi) is 4.40. The SMILES string of the molecule is CN(C)C(=O)CCCn1cc(-c2ccccc2N)cn1. The molecule has 20 heavy (non-hydrogen) atoms. The van der Waals surface area contributed by atoms with Crippen molar-refractivity contribution < 1.29 is 4.79 Å². The summed E-state index contributed by atoms with van der Waals surface area (Å²) in [5.41, 5.74) is 8.68. The molecule has 0 spiro atoms. The fraction of sp³-hybridized carbons (Fsp3) is 0.333. The normalized spacial score (nSPS) is 10.5. The highest BCUT2D eigenvalue weighted by atomic mass is 16.2. The summed E-state index contributed by atoms with van der Waals surface area (Å²) in [5, 5.41) is 4.31. The van der Waals surface area contributed by atoms with E-state index in [2.05, 4.69) is 5.10 Å². The molecule has 2 aromatic rings. The fourth-order valence-electron chi connectivity index (χ4n) is 2.00. The van der Waals surface area contributed by atoms with E-state index in [4.69, 9.17) is 5.73 Å². The van der Waals surface area contributed by atoms with Crippen molar-refractivity contribution in [3.05, 3.63) is 36.7 Å². The molecule has 2 N–H and O–H groups in total. The Balaban J connectivity index is 1.96. The molecule has 0 bridgehead atoms. The molecule has 1 heterocycles. The van der Waals surface area contributed by atoms with E-state index in [1.54, 1.807) is 25.2 Å². The first-order valence-corrected chi connectivity index (χ1v) is 6.65. The highest BCUT2D eigenvalue weighted by Crippen LogP contribution is 2.24. The van der Waals surface area contributed by atoms with Gasteiger partial charge >= 0.3 is 0 Å². The van der Waals surface area contributed by atoms with Gasteiger partial charge in [0.2, 0.25) is 5.91 Å². The summed E-state index contributed by atoms with van der Waals surface area (Å²) in [6, 6.07) is 7.73. The second kappa shape index (κ2) is 6.23. The minimum atomic E-state index is 0.143. The molecule has 1 amide bonds. The lowest BCUT2D eigenvalue weighted by Crippen LogP contribution is -2.21. The summed E-state index contributed by atoms with van der Waals surface area (Å²) in [4.78, 5) is 13.1. The van der Waals surface area contributed by atoms with Gasteiger partial charge in [0.15, 0.2) is 0 Å². The molecule has 0 aliphatic heterocycles. The molecule has 5 nitrogen and oxygen atoms in total. The standard InChI is InChI=1S/C15H20N4O/c1-18(2)15(20)8-5-9-19-11-12(10-17-19)13-6-3-4-7-14(13)16/h3-4,6-7,10-11H,5,8-9,16H2,1-2H3. The van der Waals surface area contributed by atoms with Crippen LogP contribution in [0, 0.1) is 0 Å². The molecule has 5 heteroatoms. The number of amides is 1. The molecule has 0 atom stereocenters. The number of aryl methyl sites for hydroxylation is 1. The van der Waals surface area contributed by atoms with Gasteiger partial charge < -0.3 is 10.6 Å². The zero-order valence-electron chi connectivity index (χ0n) is 11.9. The second-order valence-electron chi connectivity index (χ2n) is 4.97. The number of nitrogen functional groups attached to an aromatic ring is 1. The van der Waals surface area contributed by atoms with Crippen molar-refractivity contribution in [2.24, 2.45) is 0 Å². The van der Waals surface area contributed by atoms with Gasteiger partial charge in [-0.3, -0.25) is 9.48 Å². The van der Waals surface area contributed by atoms with E-state index in [-0.39, 0.29) is 5.91 Å². The van der Waals surface area contributed by atoms with Crippen LogP contribution in [0.3, 0.4) is 0 Å². The third-order valence-electron chi connectivity index (χ3n) is 3.18. The predicted octanol–water partition coefficient (Wildman–Crippen LogP) is 2.00. The predicted molar refractivity (Wildman–Crippen MR) is 80.0 cm³/mol. The maximum absolute atomic E-state index is 11.5. The Hall–Kier alpha value is -2.30. The zero-order valence-corrected chi connectivity index (χ0v) is 11.9. The van der Waals surface area contributed by atoms with Crippen LogP contribution >= 0.6 is 0 Å². The maximum atomic E-state index is 11.5. The van der Waals surface area contributed by atoms with Gasteiger partial charge in [-0.2, -0.15) is 5.10 Å². The van der Waals surface area contributed by atoms with Crippen LogP contribution in [0.15, 0.2) is 36.7 Å². The van der Waals surface area contributed by atoms with Crippen LogP contribution in [-0.2, 0) is 11.3 Å². The Bertz CT molecular complexity index is 589. The number of aromatic nitrogens is 2. The zero-order chi connectivity index (χ0) is 14.5. The van der Waals surface area contributed by atoms with Gasteiger partial charge in [0.25, 0.3) is 0 Å². The number of nitrogens with two attached hydrogens (primary N) is 1. The number of hydrogen-bond acceptors (Lipinski definition) is 3. The number of rotatable bonds is 5. The van der Waals surface area contributed by atoms with Crippen molar-refractivity contribution in [2.75, 3.05) is 19.8 Å². The van der Waals surface area contributed by atoms with Crippen molar-refractivity contribution in [1.82, 2.24) is 14.7 Å². The fourth-order valence-corrected chi connectivity index (χ4v) is 2.00. The number of para-hydroxylation sites is 1. The largest absolute Gasteiger partial charge is 0.398 e. The molecule has 0 aliphatic rings. The Morgan fingerprint density at radius 2 is 2.10 bits per heavy atom. The quantitative estimate of drug-likeness (QED) is 0.847. The van der Waals surface area contributed by atoms with Crippen LogP contribution in [0.25, 0.3) is 11.1 Å². The number of anilines is 1. The van der Waals surface area contributed by atoms with Gasteiger partial charge in [-0.05, 0) is 12.5 Å². The lowest BCUT2D eigenvalue weighted by Gasteiger charge is -2.09. The summed E-state index contributed by atoms with van der Waals surface area (Å²) >= 11 is 0. The second-order valence-corrected chi connectivity index (χ2v) is 4.97. The van der Waals surface area contributed by atoms with E-state index in [1.165, 1.54) is 0 Å². The third kappa shape index (κ3) is 3.38. The first-order valence-electron chi connectivity index (χ1n) is 6.65. The third-order valence-corrected chi connectivity index (χ3v) is 3.18. The average Bonchev–Trinajstić information content (AvgIpc) is 2.87. The average molecular weight is 272 g/mol. The topological polar surface area (TPSA) is 64.2 Å². The molecule has 1 aromatic carbocycles. The summed E-state index contributed by atoms with van der Waals surface area (Å²) in [6.07, 6.45) is 5.09. The molecule has 0 radical (unpaired) electrons.